The molecule has 1 aliphatic heterocycles. The summed E-state index contributed by atoms with van der Waals surface area (Å²) in [5.41, 5.74) is 7.65. The maximum atomic E-state index is 13.6. The molecule has 1 aliphatic rings. The van der Waals surface area contributed by atoms with Gasteiger partial charge < -0.3 is 10.6 Å². The highest BCUT2D eigenvalue weighted by atomic mass is 19.1. The Bertz CT molecular complexity index is 639. The van der Waals surface area contributed by atoms with Crippen LogP contribution >= 0.6 is 0 Å². The largest absolute Gasteiger partial charge is 0.368 e. The van der Waals surface area contributed by atoms with Crippen LogP contribution in [0, 0.1) is 12.7 Å². The van der Waals surface area contributed by atoms with Crippen LogP contribution in [0.15, 0.2) is 30.3 Å². The molecule has 0 bridgehead atoms. The van der Waals surface area contributed by atoms with E-state index >= 15 is 0 Å². The summed E-state index contributed by atoms with van der Waals surface area (Å²) in [6, 6.07) is 8.95. The first-order chi connectivity index (χ1) is 10.6. The molecular formula is C17H21FN4. The molecule has 1 unspecified atom stereocenters. The van der Waals surface area contributed by atoms with Gasteiger partial charge in [0.05, 0.1) is 6.04 Å². The number of nitrogens with two attached hydrogens (primary N) is 1. The van der Waals surface area contributed by atoms with Crippen molar-refractivity contribution in [2.45, 2.75) is 38.6 Å². The lowest BCUT2D eigenvalue weighted by atomic mass is 10.0. The van der Waals surface area contributed by atoms with E-state index in [9.17, 15) is 4.39 Å². The van der Waals surface area contributed by atoms with Crippen molar-refractivity contribution in [3.05, 3.63) is 47.4 Å². The van der Waals surface area contributed by atoms with Gasteiger partial charge in [-0.2, -0.15) is 4.98 Å². The van der Waals surface area contributed by atoms with Gasteiger partial charge >= 0.3 is 0 Å². The fourth-order valence-electron chi connectivity index (χ4n) is 3.16. The molecule has 1 aromatic carbocycles. The monoisotopic (exact) mass is 300 g/mol. The zero-order valence-corrected chi connectivity index (χ0v) is 12.8. The first-order valence-electron chi connectivity index (χ1n) is 7.77. The van der Waals surface area contributed by atoms with E-state index in [1.807, 2.05) is 19.1 Å². The van der Waals surface area contributed by atoms with Crippen molar-refractivity contribution < 1.29 is 4.39 Å². The maximum absolute atomic E-state index is 13.6. The SMILES string of the molecule is Cc1cc(N2CCCCCC2c2cccc(F)c2)nc(N)n1. The Hall–Kier alpha value is -2.17. The lowest BCUT2D eigenvalue weighted by Gasteiger charge is -2.31. The molecule has 0 saturated carbocycles. The third-order valence-corrected chi connectivity index (χ3v) is 4.14. The minimum atomic E-state index is -0.194. The van der Waals surface area contributed by atoms with Gasteiger partial charge in [-0.05, 0) is 37.5 Å². The number of aryl methyl sites for hydroxylation is 1. The molecule has 1 aromatic heterocycles. The van der Waals surface area contributed by atoms with E-state index < -0.39 is 0 Å². The van der Waals surface area contributed by atoms with Crippen LogP contribution in [-0.4, -0.2) is 16.5 Å². The molecule has 0 radical (unpaired) electrons. The summed E-state index contributed by atoms with van der Waals surface area (Å²) in [5, 5.41) is 0. The Labute approximate surface area is 130 Å². The van der Waals surface area contributed by atoms with Crippen molar-refractivity contribution in [3.63, 3.8) is 0 Å². The van der Waals surface area contributed by atoms with Crippen molar-refractivity contribution >= 4 is 11.8 Å². The van der Waals surface area contributed by atoms with Crippen molar-refractivity contribution in [1.29, 1.82) is 0 Å². The quantitative estimate of drug-likeness (QED) is 0.920. The van der Waals surface area contributed by atoms with Crippen LogP contribution in [-0.2, 0) is 0 Å². The van der Waals surface area contributed by atoms with Crippen LogP contribution in [0.25, 0.3) is 0 Å². The molecule has 116 valence electrons. The second kappa shape index (κ2) is 6.30. The van der Waals surface area contributed by atoms with Crippen LogP contribution in [0.4, 0.5) is 16.2 Å². The Morgan fingerprint density at radius 1 is 1.18 bits per heavy atom. The number of nitrogens with zero attached hydrogens (tertiary/aromatic N) is 3. The molecule has 4 nitrogen and oxygen atoms in total. The Morgan fingerprint density at radius 3 is 2.82 bits per heavy atom. The smallest absolute Gasteiger partial charge is 0.222 e. The number of anilines is 2. The number of halogens is 1. The van der Waals surface area contributed by atoms with Crippen molar-refractivity contribution in [1.82, 2.24) is 9.97 Å². The summed E-state index contributed by atoms with van der Waals surface area (Å²) < 4.78 is 13.6. The number of aromatic nitrogens is 2. The third kappa shape index (κ3) is 3.18. The van der Waals surface area contributed by atoms with E-state index in [1.54, 1.807) is 12.1 Å². The summed E-state index contributed by atoms with van der Waals surface area (Å²) >= 11 is 0. The standard InChI is InChI=1S/C17H21FN4/c1-12-10-16(21-17(19)20-12)22-9-4-2-3-8-15(22)13-6-5-7-14(18)11-13/h5-7,10-11,15H,2-4,8-9H2,1H3,(H2,19,20,21). The molecular weight excluding hydrogens is 279 g/mol. The second-order valence-electron chi connectivity index (χ2n) is 5.84. The van der Waals surface area contributed by atoms with E-state index in [2.05, 4.69) is 14.9 Å². The van der Waals surface area contributed by atoms with E-state index in [0.717, 1.165) is 42.9 Å². The van der Waals surface area contributed by atoms with Crippen LogP contribution in [0.1, 0.15) is 43.0 Å². The third-order valence-electron chi connectivity index (χ3n) is 4.14. The van der Waals surface area contributed by atoms with Crippen LogP contribution in [0.3, 0.4) is 0 Å². The van der Waals surface area contributed by atoms with Crippen molar-refractivity contribution in [2.24, 2.45) is 0 Å². The molecule has 5 heteroatoms. The summed E-state index contributed by atoms with van der Waals surface area (Å²) in [6.07, 6.45) is 4.42. The molecule has 1 fully saturated rings. The van der Waals surface area contributed by atoms with E-state index in [1.165, 1.54) is 12.5 Å². The van der Waals surface area contributed by atoms with Gasteiger partial charge in [-0.25, -0.2) is 9.37 Å². The number of nitrogen functional groups attached to an aromatic ring is 1. The normalized spacial score (nSPS) is 19.0. The number of rotatable bonds is 2. The highest BCUT2D eigenvalue weighted by Gasteiger charge is 2.24. The minimum absolute atomic E-state index is 0.131. The van der Waals surface area contributed by atoms with Crippen LogP contribution in [0.2, 0.25) is 0 Å². The van der Waals surface area contributed by atoms with Crippen molar-refractivity contribution in [3.8, 4) is 0 Å². The average Bonchev–Trinajstić information content (AvgIpc) is 2.72. The Morgan fingerprint density at radius 2 is 2.05 bits per heavy atom. The van der Waals surface area contributed by atoms with Gasteiger partial charge in [0.15, 0.2) is 0 Å². The van der Waals surface area contributed by atoms with Crippen molar-refractivity contribution in [2.75, 3.05) is 17.2 Å². The van der Waals surface area contributed by atoms with E-state index in [0.29, 0.717) is 0 Å². The zero-order chi connectivity index (χ0) is 15.5. The summed E-state index contributed by atoms with van der Waals surface area (Å²) in [4.78, 5) is 10.8. The number of hydrogen-bond acceptors (Lipinski definition) is 4. The molecule has 1 saturated heterocycles. The number of hydrogen-bond donors (Lipinski definition) is 1. The molecule has 1 atom stereocenters. The first-order valence-corrected chi connectivity index (χ1v) is 7.77. The van der Waals surface area contributed by atoms with E-state index in [-0.39, 0.29) is 17.8 Å². The zero-order valence-electron chi connectivity index (χ0n) is 12.8. The van der Waals surface area contributed by atoms with Gasteiger partial charge in [0.2, 0.25) is 5.95 Å². The van der Waals surface area contributed by atoms with Crippen LogP contribution < -0.4 is 10.6 Å². The highest BCUT2D eigenvalue weighted by molar-refractivity contribution is 5.46. The predicted octanol–water partition coefficient (Wildman–Crippen LogP) is 3.63. The Balaban J connectivity index is 2.00. The summed E-state index contributed by atoms with van der Waals surface area (Å²) in [5.74, 6) is 0.929. The fraction of sp³-hybridized carbons (Fsp3) is 0.412. The number of benzene rings is 1. The molecule has 0 spiro atoms. The minimum Gasteiger partial charge on any atom is -0.368 e. The second-order valence-corrected chi connectivity index (χ2v) is 5.84. The van der Waals surface area contributed by atoms with Gasteiger partial charge in [-0.15, -0.1) is 0 Å². The maximum Gasteiger partial charge on any atom is 0.222 e. The van der Waals surface area contributed by atoms with Gasteiger partial charge in [0.1, 0.15) is 11.6 Å². The molecule has 2 N–H and O–H groups in total. The average molecular weight is 300 g/mol. The lowest BCUT2D eigenvalue weighted by Crippen LogP contribution is -2.29. The summed E-state index contributed by atoms with van der Waals surface area (Å²) in [6.45, 7) is 2.81. The molecule has 2 aromatic rings. The van der Waals surface area contributed by atoms with Gasteiger partial charge in [0.25, 0.3) is 0 Å². The molecule has 22 heavy (non-hydrogen) atoms. The van der Waals surface area contributed by atoms with Crippen LogP contribution in [0.5, 0.6) is 0 Å². The molecule has 3 rings (SSSR count). The lowest BCUT2D eigenvalue weighted by molar-refractivity contribution is 0.582. The van der Waals surface area contributed by atoms with Gasteiger partial charge in [-0.1, -0.05) is 25.0 Å². The topological polar surface area (TPSA) is 55.0 Å². The van der Waals surface area contributed by atoms with E-state index in [4.69, 9.17) is 5.73 Å². The fourth-order valence-corrected chi connectivity index (χ4v) is 3.16. The van der Waals surface area contributed by atoms with Gasteiger partial charge in [0, 0.05) is 18.3 Å². The summed E-state index contributed by atoms with van der Waals surface area (Å²) in [7, 11) is 0. The Kier molecular flexibility index (Phi) is 4.22. The van der Waals surface area contributed by atoms with Gasteiger partial charge in [-0.3, -0.25) is 0 Å². The molecule has 0 aliphatic carbocycles. The predicted molar refractivity (Wildman–Crippen MR) is 86.1 cm³/mol. The molecule has 0 amide bonds. The highest BCUT2D eigenvalue weighted by Crippen LogP contribution is 2.33. The molecule has 2 heterocycles. The first kappa shape index (κ1) is 14.8.